The Morgan fingerprint density at radius 2 is 1.50 bits per heavy atom. The average molecular weight is 458 g/mol. The van der Waals surface area contributed by atoms with Crippen molar-refractivity contribution >= 4 is 18.2 Å². The van der Waals surface area contributed by atoms with E-state index in [9.17, 15) is 14.4 Å². The second-order valence-corrected chi connectivity index (χ2v) is 11.0. The lowest BCUT2D eigenvalue weighted by Crippen LogP contribution is -2.52. The van der Waals surface area contributed by atoms with E-state index in [1.165, 1.54) is 0 Å². The predicted molar refractivity (Wildman–Crippen MR) is 121 cm³/mol. The van der Waals surface area contributed by atoms with E-state index in [0.29, 0.717) is 25.4 Å². The second kappa shape index (κ2) is 11.3. The fraction of sp³-hybridized carbons (Fsp3) is 0.875. The van der Waals surface area contributed by atoms with Crippen LogP contribution in [0.25, 0.3) is 0 Å². The van der Waals surface area contributed by atoms with Crippen LogP contribution in [0.5, 0.6) is 0 Å². The van der Waals surface area contributed by atoms with Crippen molar-refractivity contribution in [2.45, 2.75) is 118 Å². The minimum Gasteiger partial charge on any atom is -0.461 e. The van der Waals surface area contributed by atoms with Gasteiger partial charge in [0.25, 0.3) is 0 Å². The van der Waals surface area contributed by atoms with E-state index in [4.69, 9.17) is 18.9 Å². The van der Waals surface area contributed by atoms with Gasteiger partial charge in [0, 0.05) is 12.5 Å². The Balaban J connectivity index is 3.20. The first kappa shape index (κ1) is 28.2. The maximum Gasteiger partial charge on any atom is 0.420 e. The molecule has 2 amide bonds. The van der Waals surface area contributed by atoms with E-state index in [-0.39, 0.29) is 18.4 Å². The van der Waals surface area contributed by atoms with Gasteiger partial charge in [-0.15, -0.1) is 0 Å². The molecule has 1 saturated heterocycles. The molecule has 0 spiro atoms. The maximum absolute atomic E-state index is 13.1. The van der Waals surface area contributed by atoms with E-state index in [1.54, 1.807) is 41.5 Å². The summed E-state index contributed by atoms with van der Waals surface area (Å²) in [4.78, 5) is 39.8. The van der Waals surface area contributed by atoms with Crippen molar-refractivity contribution in [1.29, 1.82) is 0 Å². The summed E-state index contributed by atoms with van der Waals surface area (Å²) < 4.78 is 22.6. The summed E-state index contributed by atoms with van der Waals surface area (Å²) in [5.74, 6) is -0.297. The van der Waals surface area contributed by atoms with Crippen LogP contribution in [-0.2, 0) is 23.7 Å². The molecule has 8 heteroatoms. The number of nitrogens with zero attached hydrogens (tertiary/aromatic N) is 1. The molecule has 1 heterocycles. The van der Waals surface area contributed by atoms with Gasteiger partial charge in [-0.1, -0.05) is 20.8 Å². The summed E-state index contributed by atoms with van der Waals surface area (Å²) in [6, 6.07) is -1.14. The molecule has 0 unspecified atom stereocenters. The molecule has 0 aromatic heterocycles. The number of rotatable bonds is 4. The van der Waals surface area contributed by atoms with Crippen LogP contribution in [0.1, 0.15) is 88.5 Å². The van der Waals surface area contributed by atoms with Crippen molar-refractivity contribution < 1.29 is 33.3 Å². The number of imide groups is 1. The Bertz CT molecular complexity index is 620. The SMILES string of the molecule is CC(C)CO[C@H]1CCC[C@H](N(C(=O)OC(C)(C)C)C(=O)OC(C)(C)C)C(=O)O[C@@H](C)[C@@H]1C. The zero-order valence-corrected chi connectivity index (χ0v) is 21.5. The van der Waals surface area contributed by atoms with Crippen molar-refractivity contribution in [2.24, 2.45) is 11.8 Å². The van der Waals surface area contributed by atoms with Crippen LogP contribution < -0.4 is 0 Å². The zero-order chi connectivity index (χ0) is 24.9. The number of carbonyl (C=O) groups excluding carboxylic acids is 3. The molecule has 0 aromatic rings. The van der Waals surface area contributed by atoms with Gasteiger partial charge in [-0.3, -0.25) is 0 Å². The van der Waals surface area contributed by atoms with E-state index in [1.807, 2.05) is 13.8 Å². The number of cyclic esters (lactones) is 1. The lowest BCUT2D eigenvalue weighted by molar-refractivity contribution is -0.158. The number of carbonyl (C=O) groups is 3. The monoisotopic (exact) mass is 457 g/mol. The van der Waals surface area contributed by atoms with Gasteiger partial charge in [-0.25, -0.2) is 14.4 Å². The molecule has 32 heavy (non-hydrogen) atoms. The quantitative estimate of drug-likeness (QED) is 0.417. The van der Waals surface area contributed by atoms with E-state index < -0.39 is 41.5 Å². The highest BCUT2D eigenvalue weighted by Crippen LogP contribution is 2.27. The van der Waals surface area contributed by atoms with Crippen LogP contribution in [-0.4, -0.2) is 59.1 Å². The third-order valence-electron chi connectivity index (χ3n) is 5.00. The first-order chi connectivity index (χ1) is 14.5. The maximum atomic E-state index is 13.1. The summed E-state index contributed by atoms with van der Waals surface area (Å²) in [7, 11) is 0. The summed E-state index contributed by atoms with van der Waals surface area (Å²) in [6.45, 7) is 18.7. The number of ether oxygens (including phenoxy) is 4. The third-order valence-corrected chi connectivity index (χ3v) is 5.00. The van der Waals surface area contributed by atoms with Crippen molar-refractivity contribution in [3.8, 4) is 0 Å². The van der Waals surface area contributed by atoms with Gasteiger partial charge < -0.3 is 18.9 Å². The zero-order valence-electron chi connectivity index (χ0n) is 21.5. The molecule has 1 aliphatic rings. The highest BCUT2D eigenvalue weighted by atomic mass is 16.6. The fourth-order valence-corrected chi connectivity index (χ4v) is 3.30. The fourth-order valence-electron chi connectivity index (χ4n) is 3.30. The lowest BCUT2D eigenvalue weighted by atomic mass is 9.94. The smallest absolute Gasteiger partial charge is 0.420 e. The minimum absolute atomic E-state index is 0.0343. The molecule has 186 valence electrons. The Labute approximate surface area is 193 Å². The number of hydrogen-bond acceptors (Lipinski definition) is 7. The standard InChI is InChI=1S/C24H43NO7/c1-15(2)14-29-19-13-11-12-18(20(26)30-17(4)16(19)3)25(21(27)31-23(5,6)7)22(28)32-24(8,9)10/h15-19H,11-14H2,1-10H3/t16-,17-,18-,19-/m0/s1. The largest absolute Gasteiger partial charge is 0.461 e. The van der Waals surface area contributed by atoms with Crippen LogP contribution in [0.2, 0.25) is 0 Å². The van der Waals surface area contributed by atoms with Gasteiger partial charge in [0.1, 0.15) is 23.3 Å². The molecule has 0 aromatic carbocycles. The Hall–Kier alpha value is -1.83. The molecule has 1 rings (SSSR count). The molecule has 8 nitrogen and oxygen atoms in total. The van der Waals surface area contributed by atoms with Crippen LogP contribution in [0.4, 0.5) is 9.59 Å². The molecule has 0 saturated carbocycles. The van der Waals surface area contributed by atoms with Gasteiger partial charge in [0.05, 0.1) is 6.10 Å². The summed E-state index contributed by atoms with van der Waals surface area (Å²) in [6.07, 6.45) is -0.903. The lowest BCUT2D eigenvalue weighted by Gasteiger charge is -2.32. The average Bonchev–Trinajstić information content (AvgIpc) is 2.62. The van der Waals surface area contributed by atoms with Crippen LogP contribution in [0.3, 0.4) is 0 Å². The van der Waals surface area contributed by atoms with E-state index in [0.717, 1.165) is 4.90 Å². The molecule has 1 fully saturated rings. The molecular formula is C24H43NO7. The number of hydrogen-bond donors (Lipinski definition) is 0. The van der Waals surface area contributed by atoms with Crippen LogP contribution in [0.15, 0.2) is 0 Å². The van der Waals surface area contributed by atoms with Crippen molar-refractivity contribution in [1.82, 2.24) is 4.90 Å². The minimum atomic E-state index is -1.14. The molecule has 4 atom stereocenters. The molecule has 0 bridgehead atoms. The Morgan fingerprint density at radius 1 is 1.00 bits per heavy atom. The summed E-state index contributed by atoms with van der Waals surface area (Å²) >= 11 is 0. The Kier molecular flexibility index (Phi) is 10.00. The summed E-state index contributed by atoms with van der Waals surface area (Å²) in [5.41, 5.74) is -1.70. The van der Waals surface area contributed by atoms with Gasteiger partial charge in [0.2, 0.25) is 0 Å². The molecule has 0 radical (unpaired) electrons. The van der Waals surface area contributed by atoms with E-state index in [2.05, 4.69) is 13.8 Å². The topological polar surface area (TPSA) is 91.4 Å². The van der Waals surface area contributed by atoms with Crippen LogP contribution in [0, 0.1) is 11.8 Å². The highest BCUT2D eigenvalue weighted by Gasteiger charge is 2.42. The van der Waals surface area contributed by atoms with Crippen molar-refractivity contribution in [2.75, 3.05) is 6.61 Å². The number of amides is 2. The van der Waals surface area contributed by atoms with Crippen LogP contribution >= 0.6 is 0 Å². The molecular weight excluding hydrogens is 414 g/mol. The third kappa shape index (κ3) is 9.35. The first-order valence-corrected chi connectivity index (χ1v) is 11.6. The second-order valence-electron chi connectivity index (χ2n) is 11.0. The molecule has 0 aliphatic carbocycles. The van der Waals surface area contributed by atoms with E-state index >= 15 is 0 Å². The normalized spacial score (nSPS) is 25.3. The molecule has 0 N–H and O–H groups in total. The van der Waals surface area contributed by atoms with Crippen molar-refractivity contribution in [3.05, 3.63) is 0 Å². The van der Waals surface area contributed by atoms with Gasteiger partial charge in [-0.05, 0) is 73.6 Å². The van der Waals surface area contributed by atoms with Crippen molar-refractivity contribution in [3.63, 3.8) is 0 Å². The molecule has 1 aliphatic heterocycles. The Morgan fingerprint density at radius 3 is 1.94 bits per heavy atom. The van der Waals surface area contributed by atoms with Gasteiger partial charge >= 0.3 is 18.2 Å². The van der Waals surface area contributed by atoms with Gasteiger partial charge in [0.15, 0.2) is 0 Å². The van der Waals surface area contributed by atoms with Gasteiger partial charge in [-0.2, -0.15) is 4.90 Å². The first-order valence-electron chi connectivity index (χ1n) is 11.6. The number of esters is 1. The highest BCUT2D eigenvalue weighted by molar-refractivity contribution is 5.94. The predicted octanol–water partition coefficient (Wildman–Crippen LogP) is 5.32. The summed E-state index contributed by atoms with van der Waals surface area (Å²) in [5, 5.41) is 0.